The first kappa shape index (κ1) is 22.1. The molecule has 0 atom stereocenters. The zero-order chi connectivity index (χ0) is 18.4. The number of aliphatic imine (C=N–C) groups is 1. The molecule has 1 aromatic carbocycles. The molecule has 3 rings (SSSR count). The third-order valence-electron chi connectivity index (χ3n) is 5.12. The van der Waals surface area contributed by atoms with Gasteiger partial charge in [0.1, 0.15) is 0 Å². The zero-order valence-electron chi connectivity index (χ0n) is 16.5. The Bertz CT molecular complexity index is 629. The number of hydrogen-bond acceptors (Lipinski definition) is 4. The number of ether oxygens (including phenoxy) is 3. The van der Waals surface area contributed by atoms with Crippen LogP contribution in [0.15, 0.2) is 23.2 Å². The quantitative estimate of drug-likeness (QED) is 0.350. The minimum atomic E-state index is 0. The molecule has 2 N–H and O–H groups in total. The molecule has 7 heteroatoms. The summed E-state index contributed by atoms with van der Waals surface area (Å²) < 4.78 is 17.1. The highest BCUT2D eigenvalue weighted by Gasteiger charge is 2.33. The Balaban J connectivity index is 0.00000261. The third kappa shape index (κ3) is 5.88. The molecule has 2 aliphatic rings. The standard InChI is InChI=1S/C20H31N3O3.HI/c1-20(13-25-14-20)12-23-19(21-2)22-11-15-7-6-10-17(24-3)18(15)26-16-8-4-5-9-16;/h6-7,10,16H,4-5,8-9,11-14H2,1-3H3,(H2,21,22,23);1H. The van der Waals surface area contributed by atoms with Crippen LogP contribution in [0.5, 0.6) is 11.5 Å². The van der Waals surface area contributed by atoms with Crippen molar-refractivity contribution in [3.63, 3.8) is 0 Å². The van der Waals surface area contributed by atoms with Crippen LogP contribution in [0.25, 0.3) is 0 Å². The maximum atomic E-state index is 6.29. The summed E-state index contributed by atoms with van der Waals surface area (Å²) in [4.78, 5) is 4.32. The van der Waals surface area contributed by atoms with Crippen LogP contribution in [0.1, 0.15) is 38.2 Å². The first-order chi connectivity index (χ1) is 12.6. The lowest BCUT2D eigenvalue weighted by Gasteiger charge is -2.38. The van der Waals surface area contributed by atoms with Crippen molar-refractivity contribution in [2.45, 2.75) is 45.3 Å². The summed E-state index contributed by atoms with van der Waals surface area (Å²) in [6, 6.07) is 6.03. The molecule has 6 nitrogen and oxygen atoms in total. The summed E-state index contributed by atoms with van der Waals surface area (Å²) in [6.07, 6.45) is 5.02. The fourth-order valence-corrected chi connectivity index (χ4v) is 3.42. The van der Waals surface area contributed by atoms with Gasteiger partial charge in [-0.2, -0.15) is 0 Å². The molecular formula is C20H32IN3O3. The molecular weight excluding hydrogens is 457 g/mol. The van der Waals surface area contributed by atoms with E-state index in [1.165, 1.54) is 12.8 Å². The normalized spacial score (nSPS) is 19.0. The predicted octanol–water partition coefficient (Wildman–Crippen LogP) is 3.34. The van der Waals surface area contributed by atoms with E-state index in [1.807, 2.05) is 12.1 Å². The average Bonchev–Trinajstić information content (AvgIpc) is 3.14. The first-order valence-corrected chi connectivity index (χ1v) is 9.48. The Morgan fingerprint density at radius 3 is 2.59 bits per heavy atom. The van der Waals surface area contributed by atoms with Crippen LogP contribution in [0.3, 0.4) is 0 Å². The topological polar surface area (TPSA) is 64.1 Å². The summed E-state index contributed by atoms with van der Waals surface area (Å²) in [5.74, 6) is 2.43. The van der Waals surface area contributed by atoms with Gasteiger partial charge in [-0.1, -0.05) is 19.1 Å². The van der Waals surface area contributed by atoms with Crippen molar-refractivity contribution in [1.82, 2.24) is 10.6 Å². The van der Waals surface area contributed by atoms with Gasteiger partial charge < -0.3 is 24.8 Å². The van der Waals surface area contributed by atoms with Crippen LogP contribution in [-0.4, -0.2) is 46.0 Å². The van der Waals surface area contributed by atoms with Crippen molar-refractivity contribution >= 4 is 29.9 Å². The number of benzene rings is 1. The Hall–Kier alpha value is -1.22. The van der Waals surface area contributed by atoms with Crippen LogP contribution in [-0.2, 0) is 11.3 Å². The number of hydrogen-bond donors (Lipinski definition) is 2. The fraction of sp³-hybridized carbons (Fsp3) is 0.650. The molecule has 1 aromatic rings. The van der Waals surface area contributed by atoms with Gasteiger partial charge in [0.2, 0.25) is 0 Å². The van der Waals surface area contributed by atoms with Crippen LogP contribution >= 0.6 is 24.0 Å². The van der Waals surface area contributed by atoms with Crippen molar-refractivity contribution in [2.75, 3.05) is 33.9 Å². The smallest absolute Gasteiger partial charge is 0.191 e. The SMILES string of the molecule is CN=C(NCc1cccc(OC)c1OC1CCCC1)NCC1(C)COC1.I. The van der Waals surface area contributed by atoms with Gasteiger partial charge in [-0.3, -0.25) is 4.99 Å². The minimum absolute atomic E-state index is 0. The van der Waals surface area contributed by atoms with Gasteiger partial charge in [0.15, 0.2) is 17.5 Å². The summed E-state index contributed by atoms with van der Waals surface area (Å²) in [6.45, 7) is 5.28. The molecule has 2 fully saturated rings. The lowest BCUT2D eigenvalue weighted by Crippen LogP contribution is -2.50. The highest BCUT2D eigenvalue weighted by Crippen LogP contribution is 2.34. The monoisotopic (exact) mass is 489 g/mol. The van der Waals surface area contributed by atoms with E-state index in [4.69, 9.17) is 14.2 Å². The van der Waals surface area contributed by atoms with Gasteiger partial charge in [0.25, 0.3) is 0 Å². The molecule has 1 aliphatic heterocycles. The van der Waals surface area contributed by atoms with Gasteiger partial charge in [0.05, 0.1) is 26.4 Å². The molecule has 1 saturated heterocycles. The fourth-order valence-electron chi connectivity index (χ4n) is 3.42. The number of guanidine groups is 1. The number of nitrogens with zero attached hydrogens (tertiary/aromatic N) is 1. The van der Waals surface area contributed by atoms with Crippen molar-refractivity contribution < 1.29 is 14.2 Å². The van der Waals surface area contributed by atoms with E-state index >= 15 is 0 Å². The number of para-hydroxylation sites is 1. The Morgan fingerprint density at radius 1 is 1.26 bits per heavy atom. The van der Waals surface area contributed by atoms with Gasteiger partial charge in [-0.25, -0.2) is 0 Å². The second kappa shape index (κ2) is 10.4. The second-order valence-corrected chi connectivity index (χ2v) is 7.56. The van der Waals surface area contributed by atoms with Crippen molar-refractivity contribution in [3.05, 3.63) is 23.8 Å². The number of nitrogens with one attached hydrogen (secondary N) is 2. The lowest BCUT2D eigenvalue weighted by atomic mass is 9.89. The summed E-state index contributed by atoms with van der Waals surface area (Å²) in [7, 11) is 3.48. The summed E-state index contributed by atoms with van der Waals surface area (Å²) in [5, 5.41) is 6.78. The number of rotatable bonds is 7. The van der Waals surface area contributed by atoms with Crippen LogP contribution in [0.2, 0.25) is 0 Å². The molecule has 1 aliphatic carbocycles. The van der Waals surface area contributed by atoms with Gasteiger partial charge in [-0.05, 0) is 31.7 Å². The largest absolute Gasteiger partial charge is 0.493 e. The van der Waals surface area contributed by atoms with Gasteiger partial charge >= 0.3 is 0 Å². The highest BCUT2D eigenvalue weighted by molar-refractivity contribution is 14.0. The Labute approximate surface area is 179 Å². The zero-order valence-corrected chi connectivity index (χ0v) is 18.9. The molecule has 0 bridgehead atoms. The van der Waals surface area contributed by atoms with Crippen LogP contribution in [0.4, 0.5) is 0 Å². The van der Waals surface area contributed by atoms with E-state index in [0.717, 1.165) is 55.6 Å². The van der Waals surface area contributed by atoms with Crippen molar-refractivity contribution in [2.24, 2.45) is 10.4 Å². The Kier molecular flexibility index (Phi) is 8.47. The van der Waals surface area contributed by atoms with E-state index in [-0.39, 0.29) is 29.4 Å². The average molecular weight is 489 g/mol. The number of halogens is 1. The van der Waals surface area contributed by atoms with Crippen LogP contribution in [0, 0.1) is 5.41 Å². The third-order valence-corrected chi connectivity index (χ3v) is 5.12. The highest BCUT2D eigenvalue weighted by atomic mass is 127. The molecule has 0 spiro atoms. The molecule has 1 saturated carbocycles. The van der Waals surface area contributed by atoms with E-state index in [0.29, 0.717) is 12.6 Å². The Morgan fingerprint density at radius 2 is 2.00 bits per heavy atom. The van der Waals surface area contributed by atoms with E-state index < -0.39 is 0 Å². The molecule has 152 valence electrons. The molecule has 0 radical (unpaired) electrons. The first-order valence-electron chi connectivity index (χ1n) is 9.48. The predicted molar refractivity (Wildman–Crippen MR) is 118 cm³/mol. The second-order valence-electron chi connectivity index (χ2n) is 7.56. The van der Waals surface area contributed by atoms with E-state index in [1.54, 1.807) is 14.2 Å². The molecule has 0 amide bonds. The number of methoxy groups -OCH3 is 1. The van der Waals surface area contributed by atoms with Crippen molar-refractivity contribution in [3.8, 4) is 11.5 Å². The van der Waals surface area contributed by atoms with Crippen molar-refractivity contribution in [1.29, 1.82) is 0 Å². The molecule has 1 heterocycles. The summed E-state index contributed by atoms with van der Waals surface area (Å²) >= 11 is 0. The van der Waals surface area contributed by atoms with E-state index in [9.17, 15) is 0 Å². The summed E-state index contributed by atoms with van der Waals surface area (Å²) in [5.41, 5.74) is 1.28. The van der Waals surface area contributed by atoms with Gasteiger partial charge in [0, 0.05) is 31.1 Å². The molecule has 0 unspecified atom stereocenters. The molecule has 27 heavy (non-hydrogen) atoms. The molecule has 0 aromatic heterocycles. The maximum Gasteiger partial charge on any atom is 0.191 e. The van der Waals surface area contributed by atoms with Gasteiger partial charge in [-0.15, -0.1) is 24.0 Å². The van der Waals surface area contributed by atoms with Crippen LogP contribution < -0.4 is 20.1 Å². The lowest BCUT2D eigenvalue weighted by molar-refractivity contribution is -0.0971. The van der Waals surface area contributed by atoms with E-state index in [2.05, 4.69) is 28.6 Å². The minimum Gasteiger partial charge on any atom is -0.493 e. The maximum absolute atomic E-state index is 6.29.